The van der Waals surface area contributed by atoms with Gasteiger partial charge in [0.05, 0.1) is 0 Å². The fourth-order valence-corrected chi connectivity index (χ4v) is 7.04. The standard InChI is InChI=1S/C35H40/c1-24(2)28-15-13-26(14-16-28)21-25-9-11-27(12-10-25)22-31-19-20-34(35-8-4-7-33(31)35)32-18-17-29-5-3-6-30(29)23-32/h4,7-12,17-20,23-24,26,28,35H,3,5-6,13-16,21-22H2,1-2H3. The molecule has 0 radical (unpaired) electrons. The van der Waals surface area contributed by atoms with Crippen LogP contribution in [0.3, 0.4) is 0 Å². The van der Waals surface area contributed by atoms with Crippen molar-refractivity contribution in [2.75, 3.05) is 0 Å². The summed E-state index contributed by atoms with van der Waals surface area (Å²) in [5.41, 5.74) is 11.9. The number of benzene rings is 2. The van der Waals surface area contributed by atoms with Crippen LogP contribution in [-0.2, 0) is 25.7 Å². The van der Waals surface area contributed by atoms with Gasteiger partial charge in [0.15, 0.2) is 0 Å². The lowest BCUT2D eigenvalue weighted by molar-refractivity contribution is 0.223. The Bertz CT molecular complexity index is 1190. The Morgan fingerprint density at radius 2 is 1.54 bits per heavy atom. The number of aryl methyl sites for hydroxylation is 2. The van der Waals surface area contributed by atoms with Crippen molar-refractivity contribution in [2.24, 2.45) is 23.7 Å². The van der Waals surface area contributed by atoms with Gasteiger partial charge < -0.3 is 0 Å². The third-order valence-corrected chi connectivity index (χ3v) is 9.29. The molecule has 2 aromatic rings. The molecule has 35 heavy (non-hydrogen) atoms. The predicted octanol–water partition coefficient (Wildman–Crippen LogP) is 8.86. The Morgan fingerprint density at radius 1 is 0.771 bits per heavy atom. The Morgan fingerprint density at radius 3 is 2.34 bits per heavy atom. The molecule has 4 aliphatic rings. The molecule has 1 unspecified atom stereocenters. The number of hydrogen-bond acceptors (Lipinski definition) is 0. The van der Waals surface area contributed by atoms with Gasteiger partial charge in [-0.25, -0.2) is 0 Å². The number of rotatable bonds is 6. The molecule has 180 valence electrons. The predicted molar refractivity (Wildman–Crippen MR) is 149 cm³/mol. The average molecular weight is 461 g/mol. The first-order valence-corrected chi connectivity index (χ1v) is 14.1. The summed E-state index contributed by atoms with van der Waals surface area (Å²) in [5, 5.41) is 0. The van der Waals surface area contributed by atoms with E-state index in [-0.39, 0.29) is 0 Å². The monoisotopic (exact) mass is 460 g/mol. The van der Waals surface area contributed by atoms with Crippen molar-refractivity contribution >= 4 is 5.57 Å². The summed E-state index contributed by atoms with van der Waals surface area (Å²) >= 11 is 0. The highest BCUT2D eigenvalue weighted by Crippen LogP contribution is 2.42. The first kappa shape index (κ1) is 22.8. The van der Waals surface area contributed by atoms with Crippen molar-refractivity contribution in [3.8, 4) is 0 Å². The zero-order valence-corrected chi connectivity index (χ0v) is 21.6. The van der Waals surface area contributed by atoms with Crippen LogP contribution in [0.5, 0.6) is 0 Å². The van der Waals surface area contributed by atoms with Gasteiger partial charge in [-0.15, -0.1) is 0 Å². The van der Waals surface area contributed by atoms with E-state index in [0.717, 1.165) is 24.2 Å². The molecule has 0 aliphatic heterocycles. The number of hydrogen-bond donors (Lipinski definition) is 0. The van der Waals surface area contributed by atoms with Crippen LogP contribution in [0, 0.1) is 23.7 Å². The molecule has 4 aliphatic carbocycles. The second-order valence-corrected chi connectivity index (χ2v) is 11.9. The molecule has 0 heterocycles. The van der Waals surface area contributed by atoms with Gasteiger partial charge in [-0.05, 0) is 120 Å². The molecular formula is C35H40. The van der Waals surface area contributed by atoms with E-state index in [9.17, 15) is 0 Å². The van der Waals surface area contributed by atoms with E-state index >= 15 is 0 Å². The maximum absolute atomic E-state index is 2.46. The van der Waals surface area contributed by atoms with Crippen molar-refractivity contribution in [1.82, 2.24) is 0 Å². The van der Waals surface area contributed by atoms with Crippen LogP contribution in [0.2, 0.25) is 0 Å². The fourth-order valence-electron chi connectivity index (χ4n) is 7.04. The first-order valence-electron chi connectivity index (χ1n) is 14.1. The summed E-state index contributed by atoms with van der Waals surface area (Å²) < 4.78 is 0. The second kappa shape index (κ2) is 9.81. The zero-order valence-electron chi connectivity index (χ0n) is 21.6. The minimum Gasteiger partial charge on any atom is -0.0726 e. The molecule has 2 aromatic carbocycles. The Hall–Kier alpha value is -2.60. The van der Waals surface area contributed by atoms with Crippen molar-refractivity contribution in [2.45, 2.75) is 71.6 Å². The van der Waals surface area contributed by atoms with Gasteiger partial charge in [0.25, 0.3) is 0 Å². The molecule has 1 saturated carbocycles. The van der Waals surface area contributed by atoms with Crippen LogP contribution in [0.4, 0.5) is 0 Å². The molecule has 0 aromatic heterocycles. The molecule has 0 spiro atoms. The minimum absolute atomic E-state index is 0.412. The topological polar surface area (TPSA) is 0 Å². The fraction of sp³-hybridized carbons (Fsp3) is 0.429. The van der Waals surface area contributed by atoms with E-state index in [0.29, 0.717) is 5.92 Å². The van der Waals surface area contributed by atoms with Crippen LogP contribution in [0.25, 0.3) is 5.57 Å². The maximum Gasteiger partial charge on any atom is 0.0281 e. The van der Waals surface area contributed by atoms with Crippen LogP contribution in [0.1, 0.15) is 73.8 Å². The van der Waals surface area contributed by atoms with Gasteiger partial charge in [-0.3, -0.25) is 0 Å². The van der Waals surface area contributed by atoms with Crippen molar-refractivity contribution in [3.05, 3.63) is 112 Å². The van der Waals surface area contributed by atoms with Gasteiger partial charge in [-0.2, -0.15) is 0 Å². The first-order chi connectivity index (χ1) is 17.1. The van der Waals surface area contributed by atoms with Gasteiger partial charge in [0.1, 0.15) is 0 Å². The normalized spacial score (nSPS) is 25.2. The lowest BCUT2D eigenvalue weighted by atomic mass is 9.75. The summed E-state index contributed by atoms with van der Waals surface area (Å²) in [4.78, 5) is 0. The molecule has 1 atom stereocenters. The lowest BCUT2D eigenvalue weighted by Gasteiger charge is -2.31. The minimum atomic E-state index is 0.412. The van der Waals surface area contributed by atoms with Gasteiger partial charge in [-0.1, -0.05) is 86.7 Å². The van der Waals surface area contributed by atoms with E-state index in [4.69, 9.17) is 0 Å². The third-order valence-electron chi connectivity index (χ3n) is 9.29. The molecular weight excluding hydrogens is 420 g/mol. The van der Waals surface area contributed by atoms with E-state index in [2.05, 4.69) is 86.7 Å². The summed E-state index contributed by atoms with van der Waals surface area (Å²) in [5.74, 6) is 3.11. The lowest BCUT2D eigenvalue weighted by Crippen LogP contribution is -2.19. The van der Waals surface area contributed by atoms with Crippen molar-refractivity contribution < 1.29 is 0 Å². The summed E-state index contributed by atoms with van der Waals surface area (Å²) in [6.45, 7) is 4.80. The van der Waals surface area contributed by atoms with Gasteiger partial charge in [0.2, 0.25) is 0 Å². The Balaban J connectivity index is 1.13. The van der Waals surface area contributed by atoms with E-state index in [1.165, 1.54) is 84.8 Å². The van der Waals surface area contributed by atoms with E-state index in [1.807, 2.05) is 0 Å². The smallest absolute Gasteiger partial charge is 0.0281 e. The van der Waals surface area contributed by atoms with Crippen molar-refractivity contribution in [1.29, 1.82) is 0 Å². The molecule has 0 heteroatoms. The van der Waals surface area contributed by atoms with Gasteiger partial charge in [0, 0.05) is 5.92 Å². The highest BCUT2D eigenvalue weighted by molar-refractivity contribution is 5.79. The highest BCUT2D eigenvalue weighted by Gasteiger charge is 2.27. The highest BCUT2D eigenvalue weighted by atomic mass is 14.3. The average Bonchev–Trinajstić information content (AvgIpc) is 3.55. The van der Waals surface area contributed by atoms with Crippen LogP contribution < -0.4 is 0 Å². The van der Waals surface area contributed by atoms with E-state index < -0.39 is 0 Å². The van der Waals surface area contributed by atoms with Crippen LogP contribution >= 0.6 is 0 Å². The Kier molecular flexibility index (Phi) is 6.40. The molecule has 0 bridgehead atoms. The molecule has 1 fully saturated rings. The second-order valence-electron chi connectivity index (χ2n) is 11.9. The SMILES string of the molecule is CC(C)C1CCC(Cc2ccc(CC3=CC=C(c4ccc5c(c4)CCC5)C4C=CC=C34)cc2)CC1. The van der Waals surface area contributed by atoms with Crippen molar-refractivity contribution in [3.63, 3.8) is 0 Å². The zero-order chi connectivity index (χ0) is 23.8. The summed E-state index contributed by atoms with van der Waals surface area (Å²) in [6, 6.07) is 16.8. The van der Waals surface area contributed by atoms with Crippen LogP contribution in [0.15, 0.2) is 84.0 Å². The number of allylic oxidation sites excluding steroid dienone is 8. The molecule has 0 amide bonds. The van der Waals surface area contributed by atoms with Gasteiger partial charge >= 0.3 is 0 Å². The summed E-state index contributed by atoms with van der Waals surface area (Å²) in [7, 11) is 0. The number of fused-ring (bicyclic) bond motifs is 2. The Labute approximate surface area is 212 Å². The molecule has 0 nitrogen and oxygen atoms in total. The quantitative estimate of drug-likeness (QED) is 0.404. The largest absolute Gasteiger partial charge is 0.0726 e. The molecule has 6 rings (SSSR count). The maximum atomic E-state index is 2.46. The van der Waals surface area contributed by atoms with Crippen LogP contribution in [-0.4, -0.2) is 0 Å². The summed E-state index contributed by atoms with van der Waals surface area (Å²) in [6.07, 6.45) is 23.6. The van der Waals surface area contributed by atoms with E-state index in [1.54, 1.807) is 11.1 Å². The molecule has 0 N–H and O–H groups in total. The molecule has 0 saturated heterocycles. The third kappa shape index (κ3) is 4.77.